The minimum atomic E-state index is 0.665. The van der Waals surface area contributed by atoms with Gasteiger partial charge >= 0.3 is 0 Å². The number of hydrogen-bond acceptors (Lipinski definition) is 3. The number of rotatable bonds is 3. The predicted molar refractivity (Wildman–Crippen MR) is 213 cm³/mol. The van der Waals surface area contributed by atoms with Crippen molar-refractivity contribution < 1.29 is 0 Å². The largest absolute Gasteiger partial charge is 0.278 e. The molecule has 0 fully saturated rings. The van der Waals surface area contributed by atoms with Crippen LogP contribution in [0.3, 0.4) is 0 Å². The first-order valence-electron chi connectivity index (χ1n) is 16.9. The van der Waals surface area contributed by atoms with Gasteiger partial charge < -0.3 is 0 Å². The van der Waals surface area contributed by atoms with E-state index in [9.17, 15) is 0 Å². The molecule has 0 aliphatic heterocycles. The lowest BCUT2D eigenvalue weighted by Crippen LogP contribution is -2.03. The fourth-order valence-electron chi connectivity index (χ4n) is 7.97. The second-order valence-corrected chi connectivity index (χ2v) is 14.0. The second kappa shape index (κ2) is 10.6. The molecule has 8 aromatic carbocycles. The van der Waals surface area contributed by atoms with Crippen molar-refractivity contribution in [2.75, 3.05) is 0 Å². The van der Waals surface area contributed by atoms with Gasteiger partial charge in [0.1, 0.15) is 0 Å². The maximum absolute atomic E-state index is 5.40. The van der Waals surface area contributed by atoms with E-state index in [4.69, 9.17) is 9.97 Å². The molecule has 0 unspecified atom stereocenters. The van der Waals surface area contributed by atoms with Gasteiger partial charge in [0, 0.05) is 41.9 Å². The van der Waals surface area contributed by atoms with E-state index in [0.717, 1.165) is 33.2 Å². The molecule has 0 saturated carbocycles. The van der Waals surface area contributed by atoms with Crippen molar-refractivity contribution >= 4 is 85.8 Å². The molecule has 0 amide bonds. The summed E-state index contributed by atoms with van der Waals surface area (Å²) >= 11 is 1.86. The van der Waals surface area contributed by atoms with E-state index in [1.807, 2.05) is 11.3 Å². The Morgan fingerprint density at radius 3 is 1.98 bits per heavy atom. The molecule has 0 aliphatic rings. The van der Waals surface area contributed by atoms with Crippen molar-refractivity contribution in [1.29, 1.82) is 0 Å². The van der Waals surface area contributed by atoms with E-state index in [2.05, 4.69) is 168 Å². The third kappa shape index (κ3) is 3.97. The summed E-state index contributed by atoms with van der Waals surface area (Å²) in [4.78, 5) is 10.7. The Balaban J connectivity index is 1.31. The first-order chi connectivity index (χ1) is 24.8. The molecule has 3 heterocycles. The minimum absolute atomic E-state index is 0.665. The summed E-state index contributed by atoms with van der Waals surface area (Å²) in [5.74, 6) is 0.665. The predicted octanol–water partition coefficient (Wildman–Crippen LogP) is 12.7. The summed E-state index contributed by atoms with van der Waals surface area (Å²) in [6.07, 6.45) is 0. The molecule has 232 valence electrons. The van der Waals surface area contributed by atoms with Crippen LogP contribution in [0.15, 0.2) is 164 Å². The van der Waals surface area contributed by atoms with Crippen LogP contribution < -0.4 is 0 Å². The zero-order valence-electron chi connectivity index (χ0n) is 26.8. The molecule has 0 bridgehead atoms. The third-order valence-electron chi connectivity index (χ3n) is 10.2. The average molecular weight is 654 g/mol. The van der Waals surface area contributed by atoms with E-state index in [1.165, 1.54) is 63.6 Å². The number of fused-ring (bicyclic) bond motifs is 11. The summed E-state index contributed by atoms with van der Waals surface area (Å²) in [6, 6.07) is 58.9. The van der Waals surface area contributed by atoms with Gasteiger partial charge in [0.2, 0.25) is 5.95 Å². The SMILES string of the molecule is c1ccc(-c2nc(-n3c4ccc5ccccc5c4c4c5ccccc5c(-c5ccc6sc7ccccc7c6c5)cc43)nc3ccccc23)cc1. The lowest BCUT2D eigenvalue weighted by Gasteiger charge is -2.13. The van der Waals surface area contributed by atoms with E-state index in [-0.39, 0.29) is 0 Å². The molecule has 0 aliphatic carbocycles. The van der Waals surface area contributed by atoms with Crippen LogP contribution in [0.4, 0.5) is 0 Å². The molecule has 11 aromatic rings. The average Bonchev–Trinajstić information content (AvgIpc) is 3.73. The normalized spacial score (nSPS) is 12.0. The Labute approximate surface area is 291 Å². The first-order valence-corrected chi connectivity index (χ1v) is 17.7. The monoisotopic (exact) mass is 653 g/mol. The van der Waals surface area contributed by atoms with Crippen molar-refractivity contribution in [3.63, 3.8) is 0 Å². The van der Waals surface area contributed by atoms with Gasteiger partial charge in [-0.05, 0) is 69.1 Å². The molecule has 0 spiro atoms. The second-order valence-electron chi connectivity index (χ2n) is 12.9. The van der Waals surface area contributed by atoms with Crippen LogP contribution in [0.5, 0.6) is 0 Å². The van der Waals surface area contributed by atoms with Gasteiger partial charge in [0.25, 0.3) is 0 Å². The standard InChI is InChI=1S/C46H27N3S/c1-2-13-29(14-3-1)45-35-19-8-10-20-38(35)47-46(48-45)49-39-24-22-28-12-4-5-15-31(28)43(39)44-34-18-7-6-16-32(34)36(27-40(44)49)30-23-25-42-37(26-30)33-17-9-11-21-41(33)50-42/h1-27H. The smallest absolute Gasteiger partial charge is 0.235 e. The molecule has 11 rings (SSSR count). The van der Waals surface area contributed by atoms with Crippen molar-refractivity contribution in [2.45, 2.75) is 0 Å². The quantitative estimate of drug-likeness (QED) is 0.190. The molecule has 0 N–H and O–H groups in total. The molecular formula is C46H27N3S. The number of benzene rings is 8. The Kier molecular flexibility index (Phi) is 5.83. The minimum Gasteiger partial charge on any atom is -0.278 e. The van der Waals surface area contributed by atoms with Crippen LogP contribution in [-0.4, -0.2) is 14.5 Å². The number of nitrogens with zero attached hydrogens (tertiary/aromatic N) is 3. The number of thiophene rings is 1. The maximum Gasteiger partial charge on any atom is 0.235 e. The van der Waals surface area contributed by atoms with Crippen molar-refractivity contribution in [1.82, 2.24) is 14.5 Å². The van der Waals surface area contributed by atoms with Crippen LogP contribution in [0.25, 0.3) is 103 Å². The van der Waals surface area contributed by atoms with Gasteiger partial charge in [-0.2, -0.15) is 0 Å². The molecule has 50 heavy (non-hydrogen) atoms. The molecule has 0 saturated heterocycles. The van der Waals surface area contributed by atoms with Crippen molar-refractivity contribution in [3.05, 3.63) is 164 Å². The lowest BCUT2D eigenvalue weighted by molar-refractivity contribution is 1.01. The van der Waals surface area contributed by atoms with E-state index in [1.54, 1.807) is 0 Å². The van der Waals surface area contributed by atoms with Crippen molar-refractivity contribution in [2.24, 2.45) is 0 Å². The lowest BCUT2D eigenvalue weighted by atomic mass is 9.93. The van der Waals surface area contributed by atoms with Gasteiger partial charge in [-0.15, -0.1) is 11.3 Å². The Hall–Kier alpha value is -6.36. The maximum atomic E-state index is 5.40. The van der Waals surface area contributed by atoms with Crippen LogP contribution in [0.1, 0.15) is 0 Å². The summed E-state index contributed by atoms with van der Waals surface area (Å²) in [6.45, 7) is 0. The van der Waals surface area contributed by atoms with Gasteiger partial charge in [-0.25, -0.2) is 9.97 Å². The summed E-state index contributed by atoms with van der Waals surface area (Å²) < 4.78 is 4.92. The van der Waals surface area contributed by atoms with Crippen LogP contribution in [0.2, 0.25) is 0 Å². The highest BCUT2D eigenvalue weighted by Crippen LogP contribution is 2.45. The summed E-state index contributed by atoms with van der Waals surface area (Å²) in [5, 5.41) is 11.0. The molecule has 3 aromatic heterocycles. The zero-order valence-corrected chi connectivity index (χ0v) is 27.7. The third-order valence-corrected chi connectivity index (χ3v) is 11.3. The van der Waals surface area contributed by atoms with Crippen LogP contribution >= 0.6 is 11.3 Å². The van der Waals surface area contributed by atoms with Gasteiger partial charge in [0.05, 0.1) is 22.2 Å². The highest BCUT2D eigenvalue weighted by atomic mass is 32.1. The number of hydrogen-bond donors (Lipinski definition) is 0. The molecule has 3 nitrogen and oxygen atoms in total. The fraction of sp³-hybridized carbons (Fsp3) is 0. The Bertz CT molecular complexity index is 3150. The highest BCUT2D eigenvalue weighted by molar-refractivity contribution is 7.25. The molecule has 0 atom stereocenters. The first kappa shape index (κ1) is 27.6. The van der Waals surface area contributed by atoms with E-state index < -0.39 is 0 Å². The molecule has 4 heteroatoms. The summed E-state index contributed by atoms with van der Waals surface area (Å²) in [5.41, 5.74) is 7.50. The van der Waals surface area contributed by atoms with Gasteiger partial charge in [-0.3, -0.25) is 4.57 Å². The van der Waals surface area contributed by atoms with E-state index >= 15 is 0 Å². The number of aromatic nitrogens is 3. The topological polar surface area (TPSA) is 30.7 Å². The summed E-state index contributed by atoms with van der Waals surface area (Å²) in [7, 11) is 0. The Morgan fingerprint density at radius 1 is 0.420 bits per heavy atom. The number of para-hydroxylation sites is 1. The van der Waals surface area contributed by atoms with Crippen LogP contribution in [-0.2, 0) is 0 Å². The van der Waals surface area contributed by atoms with Gasteiger partial charge in [0.15, 0.2) is 0 Å². The van der Waals surface area contributed by atoms with Crippen molar-refractivity contribution in [3.8, 4) is 28.3 Å². The zero-order chi connectivity index (χ0) is 32.8. The molecular weight excluding hydrogens is 627 g/mol. The fourth-order valence-corrected chi connectivity index (χ4v) is 9.05. The van der Waals surface area contributed by atoms with Crippen LogP contribution in [0, 0.1) is 0 Å². The van der Waals surface area contributed by atoms with Gasteiger partial charge in [-0.1, -0.05) is 127 Å². The van der Waals surface area contributed by atoms with E-state index in [0.29, 0.717) is 5.95 Å². The highest BCUT2D eigenvalue weighted by Gasteiger charge is 2.22. The molecule has 0 radical (unpaired) electrons. The Morgan fingerprint density at radius 2 is 1.10 bits per heavy atom.